The van der Waals surface area contributed by atoms with Crippen LogP contribution in [0, 0.1) is 5.92 Å². The molecule has 0 N–H and O–H groups in total. The van der Waals surface area contributed by atoms with Crippen molar-refractivity contribution in [1.82, 2.24) is 10.2 Å². The molecular formula is C11H20N2O2. The summed E-state index contributed by atoms with van der Waals surface area (Å²) >= 11 is 0. The molecule has 1 heterocycles. The van der Waals surface area contributed by atoms with Crippen LogP contribution >= 0.6 is 0 Å². The first-order valence-corrected chi connectivity index (χ1v) is 5.54. The summed E-state index contributed by atoms with van der Waals surface area (Å²) in [4.78, 5) is 0. The zero-order chi connectivity index (χ0) is 11.1. The predicted octanol–water partition coefficient (Wildman–Crippen LogP) is 2.63. The van der Waals surface area contributed by atoms with Crippen LogP contribution in [0.25, 0.3) is 0 Å². The average Bonchev–Trinajstić information content (AvgIpc) is 2.69. The first-order chi connectivity index (χ1) is 7.20. The van der Waals surface area contributed by atoms with Crippen molar-refractivity contribution >= 4 is 0 Å². The van der Waals surface area contributed by atoms with E-state index < -0.39 is 0 Å². The molecule has 0 aliphatic carbocycles. The van der Waals surface area contributed by atoms with Gasteiger partial charge in [-0.05, 0) is 18.8 Å². The van der Waals surface area contributed by atoms with Gasteiger partial charge in [0.1, 0.15) is 0 Å². The maximum absolute atomic E-state index is 5.50. The van der Waals surface area contributed by atoms with E-state index in [0.717, 1.165) is 31.9 Å². The van der Waals surface area contributed by atoms with Gasteiger partial charge in [-0.15, -0.1) is 10.2 Å². The van der Waals surface area contributed by atoms with Gasteiger partial charge < -0.3 is 9.15 Å². The lowest BCUT2D eigenvalue weighted by Gasteiger charge is -2.08. The van der Waals surface area contributed by atoms with Crippen LogP contribution in [0.4, 0.5) is 0 Å². The Bertz CT molecular complexity index is 247. The summed E-state index contributed by atoms with van der Waals surface area (Å²) in [5.41, 5.74) is 0. The van der Waals surface area contributed by atoms with Gasteiger partial charge in [-0.25, -0.2) is 0 Å². The summed E-state index contributed by atoms with van der Waals surface area (Å²) in [5.74, 6) is 1.66. The highest BCUT2D eigenvalue weighted by Gasteiger charge is 2.10. The van der Waals surface area contributed by atoms with E-state index in [4.69, 9.17) is 9.15 Å². The van der Waals surface area contributed by atoms with Gasteiger partial charge in [0.2, 0.25) is 12.3 Å². The Balaban J connectivity index is 2.05. The number of rotatable bonds is 7. The van der Waals surface area contributed by atoms with Crippen molar-refractivity contribution in [3.05, 3.63) is 12.3 Å². The third kappa shape index (κ3) is 4.93. The lowest BCUT2D eigenvalue weighted by atomic mass is 10.1. The van der Waals surface area contributed by atoms with Crippen LogP contribution in [-0.2, 0) is 4.74 Å². The van der Waals surface area contributed by atoms with Gasteiger partial charge in [-0.3, -0.25) is 0 Å². The molecule has 0 aromatic carbocycles. The van der Waals surface area contributed by atoms with E-state index in [-0.39, 0.29) is 0 Å². The number of aromatic nitrogens is 2. The van der Waals surface area contributed by atoms with Crippen LogP contribution in [0.15, 0.2) is 10.8 Å². The topological polar surface area (TPSA) is 48.2 Å². The van der Waals surface area contributed by atoms with Gasteiger partial charge in [0.05, 0.1) is 0 Å². The maximum Gasteiger partial charge on any atom is 0.219 e. The molecule has 0 fully saturated rings. The van der Waals surface area contributed by atoms with Crippen molar-refractivity contribution in [2.45, 2.75) is 39.5 Å². The molecule has 86 valence electrons. The van der Waals surface area contributed by atoms with Gasteiger partial charge in [0.25, 0.3) is 0 Å². The molecule has 1 rings (SSSR count). The Morgan fingerprint density at radius 2 is 2.20 bits per heavy atom. The fourth-order valence-corrected chi connectivity index (χ4v) is 1.33. The molecule has 0 amide bonds. The number of hydrogen-bond acceptors (Lipinski definition) is 4. The number of nitrogens with zero attached hydrogens (tertiary/aromatic N) is 2. The quantitative estimate of drug-likeness (QED) is 0.652. The fourth-order valence-electron chi connectivity index (χ4n) is 1.33. The third-order valence-corrected chi connectivity index (χ3v) is 2.18. The third-order valence-electron chi connectivity index (χ3n) is 2.18. The molecular weight excluding hydrogens is 192 g/mol. The van der Waals surface area contributed by atoms with Crippen LogP contribution in [0.3, 0.4) is 0 Å². The van der Waals surface area contributed by atoms with Crippen LogP contribution in [0.2, 0.25) is 0 Å². The Hall–Kier alpha value is -0.900. The van der Waals surface area contributed by atoms with E-state index >= 15 is 0 Å². The number of ether oxygens (including phenoxy) is 1. The second kappa shape index (κ2) is 6.56. The van der Waals surface area contributed by atoms with Crippen molar-refractivity contribution in [1.29, 1.82) is 0 Å². The van der Waals surface area contributed by atoms with E-state index in [1.54, 1.807) is 0 Å². The van der Waals surface area contributed by atoms with E-state index in [9.17, 15) is 0 Å². The molecule has 0 saturated carbocycles. The average molecular weight is 212 g/mol. The second-order valence-electron chi connectivity index (χ2n) is 4.29. The van der Waals surface area contributed by atoms with Gasteiger partial charge in [0, 0.05) is 19.1 Å². The van der Waals surface area contributed by atoms with Crippen molar-refractivity contribution in [2.75, 3.05) is 13.2 Å². The molecule has 1 aromatic rings. The minimum atomic E-state index is 0.329. The predicted molar refractivity (Wildman–Crippen MR) is 57.6 cm³/mol. The molecule has 0 aliphatic heterocycles. The maximum atomic E-state index is 5.50. The molecule has 0 spiro atoms. The summed E-state index contributed by atoms with van der Waals surface area (Å²) in [7, 11) is 0. The fraction of sp³-hybridized carbons (Fsp3) is 0.818. The van der Waals surface area contributed by atoms with Crippen molar-refractivity contribution in [3.63, 3.8) is 0 Å². The highest BCUT2D eigenvalue weighted by molar-refractivity contribution is 4.84. The van der Waals surface area contributed by atoms with E-state index in [1.807, 2.05) is 0 Å². The summed E-state index contributed by atoms with van der Waals surface area (Å²) in [5, 5.41) is 7.55. The Morgan fingerprint density at radius 3 is 2.80 bits per heavy atom. The summed E-state index contributed by atoms with van der Waals surface area (Å²) in [6.45, 7) is 8.06. The van der Waals surface area contributed by atoms with E-state index in [1.165, 1.54) is 6.39 Å². The number of hydrogen-bond donors (Lipinski definition) is 0. The van der Waals surface area contributed by atoms with Gasteiger partial charge in [-0.2, -0.15) is 0 Å². The van der Waals surface area contributed by atoms with E-state index in [0.29, 0.717) is 11.8 Å². The molecule has 1 aromatic heterocycles. The highest BCUT2D eigenvalue weighted by atomic mass is 16.5. The molecule has 0 aliphatic rings. The Morgan fingerprint density at radius 1 is 1.40 bits per heavy atom. The summed E-state index contributed by atoms with van der Waals surface area (Å²) in [6, 6.07) is 0. The molecule has 4 heteroatoms. The molecule has 1 unspecified atom stereocenters. The van der Waals surface area contributed by atoms with Gasteiger partial charge >= 0.3 is 0 Å². The minimum absolute atomic E-state index is 0.329. The van der Waals surface area contributed by atoms with Crippen molar-refractivity contribution in [3.8, 4) is 0 Å². The zero-order valence-electron chi connectivity index (χ0n) is 9.77. The van der Waals surface area contributed by atoms with E-state index in [2.05, 4.69) is 31.0 Å². The first-order valence-electron chi connectivity index (χ1n) is 5.54. The normalized spacial score (nSPS) is 13.3. The lowest BCUT2D eigenvalue weighted by Crippen LogP contribution is -2.04. The Labute approximate surface area is 91.0 Å². The first kappa shape index (κ1) is 12.2. The molecule has 0 bridgehead atoms. The van der Waals surface area contributed by atoms with Crippen LogP contribution < -0.4 is 0 Å². The summed E-state index contributed by atoms with van der Waals surface area (Å²) < 4.78 is 10.6. The highest BCUT2D eigenvalue weighted by Crippen LogP contribution is 2.17. The zero-order valence-corrected chi connectivity index (χ0v) is 9.77. The molecule has 0 saturated heterocycles. The van der Waals surface area contributed by atoms with Crippen LogP contribution in [0.5, 0.6) is 0 Å². The van der Waals surface area contributed by atoms with Crippen molar-refractivity contribution < 1.29 is 9.15 Å². The van der Waals surface area contributed by atoms with Gasteiger partial charge in [0.15, 0.2) is 0 Å². The van der Waals surface area contributed by atoms with Crippen molar-refractivity contribution in [2.24, 2.45) is 5.92 Å². The standard InChI is InChI=1S/C11H20N2O2/c1-9(2)7-14-6-4-5-10(3)11-13-12-8-15-11/h8-10H,4-7H2,1-3H3. The SMILES string of the molecule is CC(C)COCCCC(C)c1nnco1. The monoisotopic (exact) mass is 212 g/mol. The second-order valence-corrected chi connectivity index (χ2v) is 4.29. The van der Waals surface area contributed by atoms with Crippen LogP contribution in [0.1, 0.15) is 45.4 Å². The molecule has 0 radical (unpaired) electrons. The largest absolute Gasteiger partial charge is 0.428 e. The molecule has 4 nitrogen and oxygen atoms in total. The van der Waals surface area contributed by atoms with Gasteiger partial charge in [-0.1, -0.05) is 20.8 Å². The Kier molecular flexibility index (Phi) is 5.32. The van der Waals surface area contributed by atoms with Crippen LogP contribution in [-0.4, -0.2) is 23.4 Å². The summed E-state index contributed by atoms with van der Waals surface area (Å²) in [6.07, 6.45) is 3.44. The minimum Gasteiger partial charge on any atom is -0.428 e. The molecule has 15 heavy (non-hydrogen) atoms. The smallest absolute Gasteiger partial charge is 0.219 e. The lowest BCUT2D eigenvalue weighted by molar-refractivity contribution is 0.105. The molecule has 1 atom stereocenters.